The number of carbonyl (C=O) groups excluding carboxylic acids is 1. The van der Waals surface area contributed by atoms with Crippen molar-refractivity contribution in [1.29, 1.82) is 0 Å². The van der Waals surface area contributed by atoms with Gasteiger partial charge in [-0.2, -0.15) is 10.1 Å². The number of nitrogens with two attached hydrogens (primary N) is 1. The second-order valence-electron chi connectivity index (χ2n) is 9.43. The van der Waals surface area contributed by atoms with Crippen LogP contribution in [0.2, 0.25) is 0 Å². The molecular formula is C23H30ClN6O8P. The van der Waals surface area contributed by atoms with Crippen LogP contribution >= 0.6 is 19.3 Å². The molecular weight excluding hydrogens is 555 g/mol. The number of carbonyl (C=O) groups is 1. The number of alkyl halides is 1. The number of benzene rings is 1. The number of hydrogen-bond donors (Lipinski definition) is 4. The molecule has 1 aromatic carbocycles. The van der Waals surface area contributed by atoms with Crippen LogP contribution in [0.4, 0.5) is 5.95 Å². The van der Waals surface area contributed by atoms with Gasteiger partial charge in [-0.15, -0.1) is 11.6 Å². The molecule has 1 fully saturated rings. The highest BCUT2D eigenvalue weighted by atomic mass is 35.5. The second-order valence-corrected chi connectivity index (χ2v) is 11.9. The quantitative estimate of drug-likeness (QED) is 0.154. The Kier molecular flexibility index (Phi) is 8.36. The number of aromatic nitrogens is 4. The fraction of sp³-hybridized carbons (Fsp3) is 0.478. The Morgan fingerprint density at radius 1 is 1.36 bits per heavy atom. The van der Waals surface area contributed by atoms with Crippen LogP contribution in [0.15, 0.2) is 41.5 Å². The molecule has 2 aromatic heterocycles. The number of para-hydroxylation sites is 1. The van der Waals surface area contributed by atoms with Crippen molar-refractivity contribution in [2.24, 2.45) is 0 Å². The number of nitrogens with one attached hydrogen (secondary N) is 2. The zero-order valence-corrected chi connectivity index (χ0v) is 23.3. The molecule has 0 bridgehead atoms. The van der Waals surface area contributed by atoms with E-state index in [2.05, 4.69) is 20.0 Å². The summed E-state index contributed by atoms with van der Waals surface area (Å²) in [6.45, 7) is 5.89. The van der Waals surface area contributed by atoms with Crippen molar-refractivity contribution in [2.75, 3.05) is 12.3 Å². The van der Waals surface area contributed by atoms with Gasteiger partial charge in [-0.1, -0.05) is 18.2 Å². The largest absolute Gasteiger partial charge is 0.462 e. The number of anilines is 1. The van der Waals surface area contributed by atoms with Crippen molar-refractivity contribution in [3.8, 4) is 5.75 Å². The number of aromatic amines is 1. The first-order valence-corrected chi connectivity index (χ1v) is 13.9. The lowest BCUT2D eigenvalue weighted by atomic mass is 10.0. The summed E-state index contributed by atoms with van der Waals surface area (Å²) in [5.41, 5.74) is 5.23. The summed E-state index contributed by atoms with van der Waals surface area (Å²) in [6, 6.07) is 7.15. The van der Waals surface area contributed by atoms with Crippen LogP contribution in [-0.4, -0.2) is 66.4 Å². The minimum Gasteiger partial charge on any atom is -0.462 e. The summed E-state index contributed by atoms with van der Waals surface area (Å²) >= 11 is 6.70. The van der Waals surface area contributed by atoms with Gasteiger partial charge in [0.05, 0.1) is 19.0 Å². The number of nitrogen functional groups attached to an aromatic ring is 1. The lowest BCUT2D eigenvalue weighted by Crippen LogP contribution is -2.40. The van der Waals surface area contributed by atoms with Gasteiger partial charge >= 0.3 is 13.7 Å². The number of rotatable bonds is 10. The van der Waals surface area contributed by atoms with Crippen molar-refractivity contribution >= 4 is 42.4 Å². The molecule has 1 aliphatic heterocycles. The summed E-state index contributed by atoms with van der Waals surface area (Å²) in [4.78, 5) is 33.6. The maximum Gasteiger partial charge on any atom is 0.459 e. The molecule has 0 radical (unpaired) electrons. The van der Waals surface area contributed by atoms with E-state index >= 15 is 0 Å². The molecule has 16 heteroatoms. The molecule has 3 heterocycles. The van der Waals surface area contributed by atoms with Gasteiger partial charge in [0.15, 0.2) is 17.4 Å². The van der Waals surface area contributed by atoms with E-state index in [1.807, 2.05) is 0 Å². The number of ether oxygens (including phenoxy) is 2. The lowest BCUT2D eigenvalue weighted by Gasteiger charge is -2.26. The van der Waals surface area contributed by atoms with E-state index in [1.165, 1.54) is 24.7 Å². The van der Waals surface area contributed by atoms with Crippen molar-refractivity contribution in [3.63, 3.8) is 0 Å². The molecule has 0 spiro atoms. The van der Waals surface area contributed by atoms with Gasteiger partial charge in [-0.05, 0) is 39.8 Å². The molecule has 1 aliphatic rings. The first-order chi connectivity index (χ1) is 18.3. The fourth-order valence-electron chi connectivity index (χ4n) is 3.97. The number of hydrogen-bond acceptors (Lipinski definition) is 11. The van der Waals surface area contributed by atoms with Crippen LogP contribution in [0.1, 0.15) is 33.9 Å². The third kappa shape index (κ3) is 6.26. The Labute approximate surface area is 228 Å². The van der Waals surface area contributed by atoms with E-state index in [4.69, 9.17) is 35.9 Å². The van der Waals surface area contributed by atoms with Crippen molar-refractivity contribution in [3.05, 3.63) is 47.0 Å². The minimum absolute atomic E-state index is 0.00156. The SMILES string of the molecule is CC(C)OC(=O)[C@H](C)N[P@](=O)(OC[C@H]1O[C@@H](n2cnc3c(=O)[nH]c(N)nc32)[C@](C)(Cl)[C@@H]1O)Oc1ccccc1. The number of imidazole rings is 1. The highest BCUT2D eigenvalue weighted by Crippen LogP contribution is 2.48. The van der Waals surface area contributed by atoms with Gasteiger partial charge in [0.25, 0.3) is 5.56 Å². The third-order valence-electron chi connectivity index (χ3n) is 5.86. The van der Waals surface area contributed by atoms with Crippen LogP contribution < -0.4 is 20.9 Å². The summed E-state index contributed by atoms with van der Waals surface area (Å²) in [7, 11) is -4.23. The van der Waals surface area contributed by atoms with Crippen LogP contribution in [0.25, 0.3) is 11.2 Å². The molecule has 4 rings (SSSR count). The van der Waals surface area contributed by atoms with Gasteiger partial charge in [-0.25, -0.2) is 9.55 Å². The van der Waals surface area contributed by atoms with E-state index in [9.17, 15) is 19.3 Å². The van der Waals surface area contributed by atoms with Crippen molar-refractivity contribution < 1.29 is 33.0 Å². The molecule has 0 unspecified atom stereocenters. The lowest BCUT2D eigenvalue weighted by molar-refractivity contribution is -0.149. The van der Waals surface area contributed by atoms with E-state index in [1.54, 1.807) is 44.2 Å². The van der Waals surface area contributed by atoms with Crippen molar-refractivity contribution in [2.45, 2.75) is 63.2 Å². The minimum atomic E-state index is -4.23. The Bertz CT molecular complexity index is 1430. The standard InChI is InChI=1S/C23H30ClN6O8P/c1-12(2)36-20(33)13(3)29-39(34,38-14-8-6-5-7-9-14)35-10-15-17(31)23(4,24)21(37-15)30-11-26-16-18(30)27-22(25)28-19(16)32/h5-9,11-13,15,17,21,31H,10H2,1-4H3,(H,29,34)(H3,25,27,28,32)/t13-,15+,17+,21+,23+,39-/m0/s1. The predicted octanol–water partition coefficient (Wildman–Crippen LogP) is 2.09. The number of halogens is 1. The van der Waals surface area contributed by atoms with Crippen LogP contribution in [0, 0.1) is 0 Å². The first kappa shape index (κ1) is 29.0. The molecule has 5 N–H and O–H groups in total. The summed E-state index contributed by atoms with van der Waals surface area (Å²) in [5.74, 6) is -0.589. The molecule has 212 valence electrons. The Morgan fingerprint density at radius 2 is 2.05 bits per heavy atom. The van der Waals surface area contributed by atoms with Crippen LogP contribution in [0.3, 0.4) is 0 Å². The maximum atomic E-state index is 13.8. The smallest absolute Gasteiger partial charge is 0.459 e. The van der Waals surface area contributed by atoms with Crippen molar-refractivity contribution in [1.82, 2.24) is 24.6 Å². The summed E-state index contributed by atoms with van der Waals surface area (Å²) in [5, 5.41) is 13.6. The number of H-pyrrole nitrogens is 1. The number of nitrogens with zero attached hydrogens (tertiary/aromatic N) is 3. The van der Waals surface area contributed by atoms with E-state index in [0.717, 1.165) is 0 Å². The monoisotopic (exact) mass is 584 g/mol. The van der Waals surface area contributed by atoms with Gasteiger partial charge in [0, 0.05) is 0 Å². The van der Waals surface area contributed by atoms with Gasteiger partial charge in [0.1, 0.15) is 28.9 Å². The van der Waals surface area contributed by atoms with E-state index in [0.29, 0.717) is 0 Å². The van der Waals surface area contributed by atoms with Crippen LogP contribution in [0.5, 0.6) is 5.75 Å². The van der Waals surface area contributed by atoms with E-state index < -0.39 is 61.3 Å². The van der Waals surface area contributed by atoms with Gasteiger partial charge in [0.2, 0.25) is 5.95 Å². The highest BCUT2D eigenvalue weighted by Gasteiger charge is 2.54. The Balaban J connectivity index is 1.56. The fourth-order valence-corrected chi connectivity index (χ4v) is 5.77. The molecule has 1 saturated heterocycles. The average molecular weight is 585 g/mol. The number of aliphatic hydroxyl groups is 1. The Morgan fingerprint density at radius 3 is 2.72 bits per heavy atom. The van der Waals surface area contributed by atoms with Gasteiger partial charge < -0.3 is 24.8 Å². The second kappa shape index (κ2) is 11.2. The first-order valence-electron chi connectivity index (χ1n) is 12.0. The zero-order chi connectivity index (χ0) is 28.5. The number of aliphatic hydroxyl groups excluding tert-OH is 1. The highest BCUT2D eigenvalue weighted by molar-refractivity contribution is 7.52. The zero-order valence-electron chi connectivity index (χ0n) is 21.6. The summed E-state index contributed by atoms with van der Waals surface area (Å²) < 4.78 is 37.6. The van der Waals surface area contributed by atoms with Gasteiger partial charge in [-0.3, -0.25) is 23.7 Å². The topological polar surface area (TPSA) is 193 Å². The number of esters is 1. The maximum absolute atomic E-state index is 13.8. The Hall–Kier alpha value is -3.00. The van der Waals surface area contributed by atoms with Crippen LogP contribution in [-0.2, 0) is 23.4 Å². The molecule has 6 atom stereocenters. The predicted molar refractivity (Wildman–Crippen MR) is 141 cm³/mol. The third-order valence-corrected chi connectivity index (χ3v) is 7.91. The average Bonchev–Trinajstić information content (AvgIpc) is 3.36. The van der Waals surface area contributed by atoms with E-state index in [-0.39, 0.29) is 22.9 Å². The normalized spacial score (nSPS) is 25.5. The molecule has 3 aromatic rings. The summed E-state index contributed by atoms with van der Waals surface area (Å²) in [6.07, 6.45) is -2.61. The molecule has 39 heavy (non-hydrogen) atoms. The molecule has 14 nitrogen and oxygen atoms in total. The molecule has 0 saturated carbocycles. The molecule has 0 amide bonds. The number of fused-ring (bicyclic) bond motifs is 1. The molecule has 0 aliphatic carbocycles.